The summed E-state index contributed by atoms with van der Waals surface area (Å²) in [4.78, 5) is 14.6. The van der Waals surface area contributed by atoms with E-state index in [1.165, 1.54) is 6.07 Å². The predicted octanol–water partition coefficient (Wildman–Crippen LogP) is 3.11. The number of ether oxygens (including phenoxy) is 1. The molecule has 1 unspecified atom stereocenters. The van der Waals surface area contributed by atoms with Gasteiger partial charge in [-0.3, -0.25) is 10.1 Å². The van der Waals surface area contributed by atoms with E-state index in [1.54, 1.807) is 37.4 Å². The van der Waals surface area contributed by atoms with Gasteiger partial charge in [-0.15, -0.1) is 0 Å². The van der Waals surface area contributed by atoms with E-state index in [2.05, 4.69) is 4.98 Å². The van der Waals surface area contributed by atoms with Gasteiger partial charge in [-0.1, -0.05) is 12.1 Å². The van der Waals surface area contributed by atoms with Crippen LogP contribution < -0.4 is 10.5 Å². The Morgan fingerprint density at radius 1 is 1.40 bits per heavy atom. The third kappa shape index (κ3) is 2.92. The number of rotatable bonds is 4. The third-order valence-electron chi connectivity index (χ3n) is 2.81. The van der Waals surface area contributed by atoms with E-state index in [4.69, 9.17) is 10.5 Å². The first-order valence-corrected chi connectivity index (χ1v) is 6.12. The van der Waals surface area contributed by atoms with Gasteiger partial charge in [0.25, 0.3) is 0 Å². The van der Waals surface area contributed by atoms with Crippen LogP contribution in [-0.4, -0.2) is 9.91 Å². The smallest absolute Gasteiger partial charge is 0.311 e. The van der Waals surface area contributed by atoms with Crippen molar-refractivity contribution in [3.8, 4) is 11.6 Å². The summed E-state index contributed by atoms with van der Waals surface area (Å²) in [6.07, 6.45) is 1.56. The van der Waals surface area contributed by atoms with E-state index in [0.717, 1.165) is 5.56 Å². The Labute approximate surface area is 116 Å². The standard InChI is InChI=1S/C14H15N3O3/c1-9-5-6-12(17(18)19)13(8-9)20-14-11(10(2)15)4-3-7-16-14/h3-8,10H,15H2,1-2H3. The Kier molecular flexibility index (Phi) is 3.95. The SMILES string of the molecule is Cc1ccc([N+](=O)[O-])c(Oc2ncccc2C(C)N)c1. The van der Waals surface area contributed by atoms with Crippen molar-refractivity contribution in [1.82, 2.24) is 4.98 Å². The van der Waals surface area contributed by atoms with E-state index in [-0.39, 0.29) is 23.4 Å². The minimum absolute atomic E-state index is 0.100. The van der Waals surface area contributed by atoms with Gasteiger partial charge in [0.2, 0.25) is 11.6 Å². The topological polar surface area (TPSA) is 91.3 Å². The summed E-state index contributed by atoms with van der Waals surface area (Å²) >= 11 is 0. The molecular formula is C14H15N3O3. The predicted molar refractivity (Wildman–Crippen MR) is 74.7 cm³/mol. The fourth-order valence-electron chi connectivity index (χ4n) is 1.79. The van der Waals surface area contributed by atoms with Crippen LogP contribution in [0.5, 0.6) is 11.6 Å². The number of nitrogens with two attached hydrogens (primary N) is 1. The van der Waals surface area contributed by atoms with Gasteiger partial charge in [0.05, 0.1) is 4.92 Å². The van der Waals surface area contributed by atoms with Gasteiger partial charge < -0.3 is 10.5 Å². The second kappa shape index (κ2) is 5.66. The molecule has 0 aliphatic rings. The number of hydrogen-bond donors (Lipinski definition) is 1. The van der Waals surface area contributed by atoms with Gasteiger partial charge in [-0.25, -0.2) is 4.98 Å². The van der Waals surface area contributed by atoms with Crippen LogP contribution in [0.4, 0.5) is 5.69 Å². The molecular weight excluding hydrogens is 258 g/mol. The van der Waals surface area contributed by atoms with Crippen molar-refractivity contribution in [3.05, 3.63) is 57.8 Å². The lowest BCUT2D eigenvalue weighted by Crippen LogP contribution is -2.07. The minimum atomic E-state index is -0.483. The van der Waals surface area contributed by atoms with Gasteiger partial charge in [0.1, 0.15) is 0 Å². The number of aryl methyl sites for hydroxylation is 1. The van der Waals surface area contributed by atoms with Gasteiger partial charge >= 0.3 is 5.69 Å². The Morgan fingerprint density at radius 2 is 2.15 bits per heavy atom. The van der Waals surface area contributed by atoms with Crippen molar-refractivity contribution in [2.24, 2.45) is 5.73 Å². The second-order valence-corrected chi connectivity index (χ2v) is 4.52. The van der Waals surface area contributed by atoms with Crippen LogP contribution in [0.2, 0.25) is 0 Å². The molecule has 0 spiro atoms. The summed E-state index contributed by atoms with van der Waals surface area (Å²) in [5.41, 5.74) is 7.30. The van der Waals surface area contributed by atoms with Crippen LogP contribution in [0.25, 0.3) is 0 Å². The zero-order chi connectivity index (χ0) is 14.7. The van der Waals surface area contributed by atoms with Crippen molar-refractivity contribution in [2.75, 3.05) is 0 Å². The highest BCUT2D eigenvalue weighted by atomic mass is 16.6. The summed E-state index contributed by atoms with van der Waals surface area (Å²) in [5.74, 6) is 0.451. The lowest BCUT2D eigenvalue weighted by molar-refractivity contribution is -0.385. The van der Waals surface area contributed by atoms with Gasteiger partial charge in [0.15, 0.2) is 0 Å². The number of benzene rings is 1. The first-order chi connectivity index (χ1) is 9.49. The van der Waals surface area contributed by atoms with Crippen molar-refractivity contribution in [3.63, 3.8) is 0 Å². The van der Waals surface area contributed by atoms with Crippen LogP contribution in [0, 0.1) is 17.0 Å². The van der Waals surface area contributed by atoms with Crippen LogP contribution in [-0.2, 0) is 0 Å². The molecule has 104 valence electrons. The highest BCUT2D eigenvalue weighted by Gasteiger charge is 2.18. The quantitative estimate of drug-likeness (QED) is 0.682. The molecule has 0 aliphatic heterocycles. The van der Waals surface area contributed by atoms with Crippen molar-refractivity contribution < 1.29 is 9.66 Å². The molecule has 20 heavy (non-hydrogen) atoms. The molecule has 0 fully saturated rings. The molecule has 0 saturated heterocycles. The average molecular weight is 273 g/mol. The monoisotopic (exact) mass is 273 g/mol. The van der Waals surface area contributed by atoms with Crippen LogP contribution >= 0.6 is 0 Å². The molecule has 0 saturated carbocycles. The maximum atomic E-state index is 11.0. The van der Waals surface area contributed by atoms with Crippen molar-refractivity contribution in [2.45, 2.75) is 19.9 Å². The molecule has 6 heteroatoms. The third-order valence-corrected chi connectivity index (χ3v) is 2.81. The van der Waals surface area contributed by atoms with Gasteiger partial charge in [-0.05, 0) is 31.5 Å². The van der Waals surface area contributed by atoms with E-state index in [9.17, 15) is 10.1 Å². The van der Waals surface area contributed by atoms with E-state index in [1.807, 2.05) is 6.92 Å². The molecule has 6 nitrogen and oxygen atoms in total. The molecule has 1 heterocycles. The zero-order valence-corrected chi connectivity index (χ0v) is 11.2. The lowest BCUT2D eigenvalue weighted by atomic mass is 10.1. The van der Waals surface area contributed by atoms with E-state index >= 15 is 0 Å². The molecule has 1 aromatic heterocycles. The molecule has 2 aromatic rings. The Morgan fingerprint density at radius 3 is 2.80 bits per heavy atom. The first kappa shape index (κ1) is 14.0. The Balaban J connectivity index is 2.45. The van der Waals surface area contributed by atoms with E-state index in [0.29, 0.717) is 5.56 Å². The van der Waals surface area contributed by atoms with Crippen LogP contribution in [0.15, 0.2) is 36.5 Å². The van der Waals surface area contributed by atoms with E-state index < -0.39 is 4.92 Å². The molecule has 0 bridgehead atoms. The summed E-state index contributed by atoms with van der Waals surface area (Å²) in [6, 6.07) is 7.94. The summed E-state index contributed by atoms with van der Waals surface area (Å²) < 4.78 is 5.61. The Bertz CT molecular complexity index is 641. The normalized spacial score (nSPS) is 11.9. The molecule has 0 aliphatic carbocycles. The number of nitro groups is 1. The number of nitro benzene ring substituents is 1. The number of pyridine rings is 1. The van der Waals surface area contributed by atoms with Crippen LogP contribution in [0.1, 0.15) is 24.1 Å². The molecule has 2 N–H and O–H groups in total. The summed E-state index contributed by atoms with van der Waals surface area (Å²) in [5, 5.41) is 11.0. The maximum Gasteiger partial charge on any atom is 0.311 e. The lowest BCUT2D eigenvalue weighted by Gasteiger charge is -2.12. The first-order valence-electron chi connectivity index (χ1n) is 6.12. The molecule has 0 radical (unpaired) electrons. The fourth-order valence-corrected chi connectivity index (χ4v) is 1.79. The fraction of sp³-hybridized carbons (Fsp3) is 0.214. The molecule has 2 rings (SSSR count). The zero-order valence-electron chi connectivity index (χ0n) is 11.2. The average Bonchev–Trinajstić information content (AvgIpc) is 2.38. The number of hydrogen-bond acceptors (Lipinski definition) is 5. The highest BCUT2D eigenvalue weighted by Crippen LogP contribution is 2.33. The highest BCUT2D eigenvalue weighted by molar-refractivity contribution is 5.50. The maximum absolute atomic E-state index is 11.0. The summed E-state index contributed by atoms with van der Waals surface area (Å²) in [6.45, 7) is 3.63. The van der Waals surface area contributed by atoms with Crippen molar-refractivity contribution >= 4 is 5.69 Å². The molecule has 0 amide bonds. The molecule has 1 aromatic carbocycles. The van der Waals surface area contributed by atoms with Gasteiger partial charge in [0, 0.05) is 23.9 Å². The summed E-state index contributed by atoms with van der Waals surface area (Å²) in [7, 11) is 0. The second-order valence-electron chi connectivity index (χ2n) is 4.52. The minimum Gasteiger partial charge on any atom is -0.431 e. The van der Waals surface area contributed by atoms with Crippen LogP contribution in [0.3, 0.4) is 0 Å². The number of aromatic nitrogens is 1. The largest absolute Gasteiger partial charge is 0.431 e. The number of nitrogens with zero attached hydrogens (tertiary/aromatic N) is 2. The Hall–Kier alpha value is -2.47. The van der Waals surface area contributed by atoms with Gasteiger partial charge in [-0.2, -0.15) is 0 Å². The molecule has 1 atom stereocenters. The van der Waals surface area contributed by atoms with Crippen molar-refractivity contribution in [1.29, 1.82) is 0 Å².